The van der Waals surface area contributed by atoms with Crippen molar-refractivity contribution < 1.29 is 14.7 Å². The molecule has 4 nitrogen and oxygen atoms in total. The van der Waals surface area contributed by atoms with Gasteiger partial charge >= 0.3 is 5.97 Å². The van der Waals surface area contributed by atoms with Crippen LogP contribution in [0.2, 0.25) is 0 Å². The van der Waals surface area contributed by atoms with E-state index >= 15 is 0 Å². The van der Waals surface area contributed by atoms with Crippen LogP contribution in [0.3, 0.4) is 0 Å². The van der Waals surface area contributed by atoms with Crippen molar-refractivity contribution in [3.8, 4) is 0 Å². The maximum absolute atomic E-state index is 11.5. The van der Waals surface area contributed by atoms with Crippen LogP contribution in [0.4, 0.5) is 4.79 Å². The zero-order valence-corrected chi connectivity index (χ0v) is 10.9. The number of carboxylic acid groups (broad SMARTS) is 1. The largest absolute Gasteiger partial charge is 0.481 e. The zero-order valence-electron chi connectivity index (χ0n) is 10.1. The van der Waals surface area contributed by atoms with Gasteiger partial charge in [-0.05, 0) is 36.7 Å². The number of rotatable bonds is 7. The number of carboxylic acids is 1. The summed E-state index contributed by atoms with van der Waals surface area (Å²) in [5.74, 6) is -0.765. The van der Waals surface area contributed by atoms with E-state index in [9.17, 15) is 9.59 Å². The number of aliphatic carboxylic acids is 1. The van der Waals surface area contributed by atoms with E-state index in [1.807, 2.05) is 30.3 Å². The Morgan fingerprint density at radius 1 is 1.11 bits per heavy atom. The first kappa shape index (κ1) is 14.6. The fourth-order valence-electron chi connectivity index (χ4n) is 1.40. The van der Waals surface area contributed by atoms with Crippen molar-refractivity contribution >= 4 is 23.0 Å². The summed E-state index contributed by atoms with van der Waals surface area (Å²) in [5.41, 5.74) is 0. The molecule has 1 rings (SSSR count). The predicted molar refractivity (Wildman–Crippen MR) is 71.8 cm³/mol. The summed E-state index contributed by atoms with van der Waals surface area (Å²) >= 11 is 1.17. The molecule has 0 aromatic heterocycles. The molecule has 0 radical (unpaired) electrons. The molecule has 0 aliphatic heterocycles. The molecule has 18 heavy (non-hydrogen) atoms. The number of nitrogens with one attached hydrogen (secondary N) is 1. The topological polar surface area (TPSA) is 66.4 Å². The lowest BCUT2D eigenvalue weighted by Gasteiger charge is -2.04. The minimum atomic E-state index is -0.765. The number of benzene rings is 1. The third-order valence-corrected chi connectivity index (χ3v) is 3.13. The highest BCUT2D eigenvalue weighted by atomic mass is 32.2. The Bertz CT molecular complexity index is 381. The zero-order chi connectivity index (χ0) is 13.2. The molecule has 1 aromatic rings. The lowest BCUT2D eigenvalue weighted by Crippen LogP contribution is -2.19. The van der Waals surface area contributed by atoms with E-state index in [0.717, 1.165) is 17.7 Å². The highest BCUT2D eigenvalue weighted by Crippen LogP contribution is 2.17. The van der Waals surface area contributed by atoms with Crippen LogP contribution < -0.4 is 5.32 Å². The Morgan fingerprint density at radius 3 is 2.50 bits per heavy atom. The van der Waals surface area contributed by atoms with Crippen molar-refractivity contribution in [1.29, 1.82) is 0 Å². The van der Waals surface area contributed by atoms with Gasteiger partial charge in [0.1, 0.15) is 0 Å². The minimum Gasteiger partial charge on any atom is -0.481 e. The smallest absolute Gasteiger partial charge is 0.303 e. The van der Waals surface area contributed by atoms with Gasteiger partial charge in [0, 0.05) is 17.9 Å². The summed E-state index contributed by atoms with van der Waals surface area (Å²) in [4.78, 5) is 22.7. The van der Waals surface area contributed by atoms with Crippen molar-refractivity contribution in [1.82, 2.24) is 5.32 Å². The van der Waals surface area contributed by atoms with Gasteiger partial charge in [-0.15, -0.1) is 0 Å². The van der Waals surface area contributed by atoms with Crippen LogP contribution in [-0.2, 0) is 4.79 Å². The first-order chi connectivity index (χ1) is 8.68. The molecule has 0 atom stereocenters. The molecule has 0 spiro atoms. The average molecular weight is 267 g/mol. The summed E-state index contributed by atoms with van der Waals surface area (Å²) in [6.45, 7) is 0.596. The first-order valence-electron chi connectivity index (χ1n) is 5.91. The number of amides is 1. The SMILES string of the molecule is O=C(O)CCCCCNC(=O)Sc1ccccc1. The van der Waals surface area contributed by atoms with Crippen LogP contribution in [-0.4, -0.2) is 22.9 Å². The molecule has 5 heteroatoms. The molecule has 2 N–H and O–H groups in total. The van der Waals surface area contributed by atoms with Gasteiger partial charge in [-0.1, -0.05) is 24.6 Å². The number of thioether (sulfide) groups is 1. The lowest BCUT2D eigenvalue weighted by atomic mass is 10.2. The molecule has 0 unspecified atom stereocenters. The maximum atomic E-state index is 11.5. The van der Waals surface area contributed by atoms with E-state index in [1.54, 1.807) is 0 Å². The van der Waals surface area contributed by atoms with Crippen LogP contribution in [0.1, 0.15) is 25.7 Å². The lowest BCUT2D eigenvalue weighted by molar-refractivity contribution is -0.137. The molecular formula is C13H17NO3S. The third-order valence-electron chi connectivity index (χ3n) is 2.29. The van der Waals surface area contributed by atoms with Crippen molar-refractivity contribution in [2.45, 2.75) is 30.6 Å². The van der Waals surface area contributed by atoms with E-state index in [1.165, 1.54) is 11.8 Å². The van der Waals surface area contributed by atoms with Gasteiger partial charge < -0.3 is 10.4 Å². The quantitative estimate of drug-likeness (QED) is 0.588. The molecule has 0 saturated carbocycles. The Labute approximate surface area is 111 Å². The van der Waals surface area contributed by atoms with Gasteiger partial charge in [0.2, 0.25) is 0 Å². The molecule has 1 amide bonds. The van der Waals surface area contributed by atoms with Gasteiger partial charge in [0.05, 0.1) is 0 Å². The van der Waals surface area contributed by atoms with Crippen LogP contribution in [0.15, 0.2) is 35.2 Å². The van der Waals surface area contributed by atoms with E-state index in [0.29, 0.717) is 13.0 Å². The van der Waals surface area contributed by atoms with Crippen molar-refractivity contribution in [3.05, 3.63) is 30.3 Å². The second-order valence-corrected chi connectivity index (χ2v) is 4.88. The van der Waals surface area contributed by atoms with Crippen LogP contribution in [0, 0.1) is 0 Å². The summed E-state index contributed by atoms with van der Waals surface area (Å²) in [5, 5.41) is 11.2. The second kappa shape index (κ2) is 8.58. The molecule has 0 saturated heterocycles. The summed E-state index contributed by atoms with van der Waals surface area (Å²) < 4.78 is 0. The highest BCUT2D eigenvalue weighted by Gasteiger charge is 2.03. The van der Waals surface area contributed by atoms with Crippen molar-refractivity contribution in [3.63, 3.8) is 0 Å². The molecule has 0 bridgehead atoms. The normalized spacial score (nSPS) is 10.0. The molecule has 98 valence electrons. The number of unbranched alkanes of at least 4 members (excludes halogenated alkanes) is 2. The fraction of sp³-hybridized carbons (Fsp3) is 0.385. The molecule has 0 aliphatic rings. The molecular weight excluding hydrogens is 250 g/mol. The van der Waals surface area contributed by atoms with E-state index in [2.05, 4.69) is 5.32 Å². The number of hydrogen-bond donors (Lipinski definition) is 2. The van der Waals surface area contributed by atoms with E-state index in [4.69, 9.17) is 5.11 Å². The monoisotopic (exact) mass is 267 g/mol. The molecule has 0 aliphatic carbocycles. The Morgan fingerprint density at radius 2 is 1.83 bits per heavy atom. The third kappa shape index (κ3) is 6.96. The Balaban J connectivity index is 2.05. The van der Waals surface area contributed by atoms with Crippen molar-refractivity contribution in [2.75, 3.05) is 6.54 Å². The summed E-state index contributed by atoms with van der Waals surface area (Å²) in [6.07, 6.45) is 2.50. The predicted octanol–water partition coefficient (Wildman–Crippen LogP) is 3.13. The maximum Gasteiger partial charge on any atom is 0.303 e. The highest BCUT2D eigenvalue weighted by molar-refractivity contribution is 8.13. The average Bonchev–Trinajstić information content (AvgIpc) is 2.34. The second-order valence-electron chi connectivity index (χ2n) is 3.83. The Hall–Kier alpha value is -1.49. The molecule has 0 heterocycles. The Kier molecular flexibility index (Phi) is 6.94. The number of carbonyl (C=O) groups is 2. The van der Waals surface area contributed by atoms with Gasteiger partial charge in [0.25, 0.3) is 5.24 Å². The van der Waals surface area contributed by atoms with Gasteiger partial charge in [-0.25, -0.2) is 0 Å². The fourth-order valence-corrected chi connectivity index (χ4v) is 2.08. The standard InChI is InChI=1S/C13H17NO3S/c15-12(16)9-5-2-6-10-14-13(17)18-11-7-3-1-4-8-11/h1,3-4,7-8H,2,5-6,9-10H2,(H,14,17)(H,15,16). The minimum absolute atomic E-state index is 0.0700. The van der Waals surface area contributed by atoms with Crippen LogP contribution in [0.25, 0.3) is 0 Å². The van der Waals surface area contributed by atoms with Crippen LogP contribution >= 0.6 is 11.8 Å². The summed E-state index contributed by atoms with van der Waals surface area (Å²) in [6, 6.07) is 9.46. The van der Waals surface area contributed by atoms with Crippen LogP contribution in [0.5, 0.6) is 0 Å². The number of hydrogen-bond acceptors (Lipinski definition) is 3. The summed E-state index contributed by atoms with van der Waals surface area (Å²) in [7, 11) is 0. The van der Waals surface area contributed by atoms with E-state index < -0.39 is 5.97 Å². The molecule has 0 fully saturated rings. The van der Waals surface area contributed by atoms with Gasteiger partial charge in [-0.3, -0.25) is 9.59 Å². The number of carbonyl (C=O) groups excluding carboxylic acids is 1. The van der Waals surface area contributed by atoms with Gasteiger partial charge in [0.15, 0.2) is 0 Å². The van der Waals surface area contributed by atoms with Crippen molar-refractivity contribution in [2.24, 2.45) is 0 Å². The van der Waals surface area contributed by atoms with Gasteiger partial charge in [-0.2, -0.15) is 0 Å². The molecule has 1 aromatic carbocycles. The first-order valence-corrected chi connectivity index (χ1v) is 6.72. The van der Waals surface area contributed by atoms with E-state index in [-0.39, 0.29) is 11.7 Å².